The van der Waals surface area contributed by atoms with Crippen LogP contribution in [0.25, 0.3) is 0 Å². The van der Waals surface area contributed by atoms with E-state index in [4.69, 9.17) is 4.74 Å². The van der Waals surface area contributed by atoms with Gasteiger partial charge in [0.1, 0.15) is 0 Å². The molecule has 1 aliphatic heterocycles. The van der Waals surface area contributed by atoms with Crippen LogP contribution in [0.4, 0.5) is 5.69 Å². The van der Waals surface area contributed by atoms with E-state index in [1.165, 1.54) is 0 Å². The highest BCUT2D eigenvalue weighted by atomic mass is 79.9. The van der Waals surface area contributed by atoms with Crippen LogP contribution in [0.15, 0.2) is 46.9 Å². The molecule has 5 nitrogen and oxygen atoms in total. The Kier molecular flexibility index (Phi) is 5.75. The number of esters is 1. The lowest BCUT2D eigenvalue weighted by Gasteiger charge is -2.21. The minimum atomic E-state index is -0.561. The molecule has 0 aliphatic carbocycles. The SMILES string of the molecule is Cc1cccc(C)c1N1C[C@@H](C(=O)OCC(=O)c2ccc(Br)cc2)CC1=O. The quantitative estimate of drug-likeness (QED) is 0.534. The van der Waals surface area contributed by atoms with Crippen molar-refractivity contribution < 1.29 is 19.1 Å². The Morgan fingerprint density at radius 3 is 2.37 bits per heavy atom. The van der Waals surface area contributed by atoms with Gasteiger partial charge in [0.05, 0.1) is 5.92 Å². The van der Waals surface area contributed by atoms with Crippen LogP contribution in [0.1, 0.15) is 27.9 Å². The molecule has 0 aromatic heterocycles. The molecule has 2 aromatic carbocycles. The monoisotopic (exact) mass is 429 g/mol. The highest BCUT2D eigenvalue weighted by Gasteiger charge is 2.37. The number of rotatable bonds is 5. The molecule has 140 valence electrons. The maximum atomic E-state index is 12.4. The number of Topliss-reactive ketones (excluding diaryl/α,β-unsaturated/α-hetero) is 1. The number of halogens is 1. The number of carbonyl (C=O) groups excluding carboxylic acids is 3. The Morgan fingerprint density at radius 2 is 1.74 bits per heavy atom. The minimum absolute atomic E-state index is 0.0963. The molecule has 1 fully saturated rings. The second-order valence-electron chi connectivity index (χ2n) is 6.68. The highest BCUT2D eigenvalue weighted by molar-refractivity contribution is 9.10. The van der Waals surface area contributed by atoms with Gasteiger partial charge in [-0.05, 0) is 37.1 Å². The number of hydrogen-bond donors (Lipinski definition) is 0. The Bertz CT molecular complexity index is 871. The van der Waals surface area contributed by atoms with Gasteiger partial charge in [-0.15, -0.1) is 0 Å². The van der Waals surface area contributed by atoms with Crippen LogP contribution >= 0.6 is 15.9 Å². The van der Waals surface area contributed by atoms with Gasteiger partial charge in [-0.3, -0.25) is 14.4 Å². The third kappa shape index (κ3) is 4.27. The van der Waals surface area contributed by atoms with Crippen LogP contribution in [-0.4, -0.2) is 30.8 Å². The predicted molar refractivity (Wildman–Crippen MR) is 106 cm³/mol. The molecule has 1 aliphatic rings. The van der Waals surface area contributed by atoms with Gasteiger partial charge >= 0.3 is 5.97 Å². The lowest BCUT2D eigenvalue weighted by Crippen LogP contribution is -2.28. The van der Waals surface area contributed by atoms with Gasteiger partial charge in [0.2, 0.25) is 5.91 Å². The zero-order valence-corrected chi connectivity index (χ0v) is 16.8. The molecule has 1 atom stereocenters. The molecular formula is C21H20BrNO4. The van der Waals surface area contributed by atoms with E-state index >= 15 is 0 Å². The number of ether oxygens (including phenoxy) is 1. The average Bonchev–Trinajstić information content (AvgIpc) is 3.01. The Morgan fingerprint density at radius 1 is 1.11 bits per heavy atom. The van der Waals surface area contributed by atoms with Crippen LogP contribution in [0.2, 0.25) is 0 Å². The van der Waals surface area contributed by atoms with Gasteiger partial charge in [0.25, 0.3) is 0 Å². The first-order chi connectivity index (χ1) is 12.9. The number of benzene rings is 2. The van der Waals surface area contributed by atoms with Crippen molar-refractivity contribution in [2.75, 3.05) is 18.1 Å². The summed E-state index contributed by atoms with van der Waals surface area (Å²) in [7, 11) is 0. The number of aryl methyl sites for hydroxylation is 2. The first kappa shape index (κ1) is 19.3. The lowest BCUT2D eigenvalue weighted by atomic mass is 10.1. The van der Waals surface area contributed by atoms with Crippen molar-refractivity contribution in [3.63, 3.8) is 0 Å². The van der Waals surface area contributed by atoms with Gasteiger partial charge in [-0.2, -0.15) is 0 Å². The van der Waals surface area contributed by atoms with Crippen molar-refractivity contribution in [2.24, 2.45) is 5.92 Å². The Labute approximate surface area is 166 Å². The molecule has 2 aromatic rings. The summed E-state index contributed by atoms with van der Waals surface area (Å²) in [5.41, 5.74) is 3.31. The maximum Gasteiger partial charge on any atom is 0.311 e. The van der Waals surface area contributed by atoms with Crippen molar-refractivity contribution in [3.8, 4) is 0 Å². The van der Waals surface area contributed by atoms with E-state index in [1.54, 1.807) is 29.2 Å². The summed E-state index contributed by atoms with van der Waals surface area (Å²) in [4.78, 5) is 38.6. The van der Waals surface area contributed by atoms with E-state index in [0.717, 1.165) is 21.3 Å². The maximum absolute atomic E-state index is 12.4. The molecule has 1 amide bonds. The second kappa shape index (κ2) is 8.05. The van der Waals surface area contributed by atoms with E-state index in [-0.39, 0.29) is 31.3 Å². The minimum Gasteiger partial charge on any atom is -0.457 e. The zero-order chi connectivity index (χ0) is 19.6. The fraction of sp³-hybridized carbons (Fsp3) is 0.286. The number of ketones is 1. The third-order valence-corrected chi connectivity index (χ3v) is 5.21. The standard InChI is InChI=1S/C21H20BrNO4/c1-13-4-3-5-14(2)20(13)23-11-16(10-19(23)25)21(26)27-12-18(24)15-6-8-17(22)9-7-15/h3-9,16H,10-12H2,1-2H3/t16-/m0/s1. The van der Waals surface area contributed by atoms with Crippen LogP contribution in [0.5, 0.6) is 0 Å². The molecule has 27 heavy (non-hydrogen) atoms. The molecule has 0 N–H and O–H groups in total. The topological polar surface area (TPSA) is 63.7 Å². The van der Waals surface area contributed by atoms with E-state index < -0.39 is 11.9 Å². The average molecular weight is 430 g/mol. The molecule has 0 spiro atoms. The van der Waals surface area contributed by atoms with Crippen LogP contribution in [0.3, 0.4) is 0 Å². The first-order valence-electron chi connectivity index (χ1n) is 8.69. The Hall–Kier alpha value is -2.47. The summed E-state index contributed by atoms with van der Waals surface area (Å²) < 4.78 is 6.05. The fourth-order valence-corrected chi connectivity index (χ4v) is 3.55. The first-order valence-corrected chi connectivity index (χ1v) is 9.48. The molecule has 0 radical (unpaired) electrons. The van der Waals surface area contributed by atoms with Crippen molar-refractivity contribution >= 4 is 39.3 Å². The molecule has 3 rings (SSSR count). The summed E-state index contributed by atoms with van der Waals surface area (Å²) in [6.07, 6.45) is 0.0963. The van der Waals surface area contributed by atoms with Gasteiger partial charge in [-0.1, -0.05) is 46.3 Å². The summed E-state index contributed by atoms with van der Waals surface area (Å²) in [5.74, 6) is -1.45. The largest absolute Gasteiger partial charge is 0.457 e. The van der Waals surface area contributed by atoms with E-state index in [9.17, 15) is 14.4 Å². The molecule has 0 unspecified atom stereocenters. The van der Waals surface area contributed by atoms with E-state index in [2.05, 4.69) is 15.9 Å². The number of para-hydroxylation sites is 1. The summed E-state index contributed by atoms with van der Waals surface area (Å²) >= 11 is 3.31. The smallest absolute Gasteiger partial charge is 0.311 e. The van der Waals surface area contributed by atoms with Crippen LogP contribution < -0.4 is 4.90 Å². The second-order valence-corrected chi connectivity index (χ2v) is 7.60. The van der Waals surface area contributed by atoms with E-state index in [1.807, 2.05) is 32.0 Å². The molecular weight excluding hydrogens is 410 g/mol. The van der Waals surface area contributed by atoms with E-state index in [0.29, 0.717) is 5.56 Å². The Balaban J connectivity index is 1.62. The van der Waals surface area contributed by atoms with Gasteiger partial charge < -0.3 is 9.64 Å². The van der Waals surface area contributed by atoms with Crippen LogP contribution in [0, 0.1) is 19.8 Å². The summed E-state index contributed by atoms with van der Waals surface area (Å²) in [5, 5.41) is 0. The van der Waals surface area contributed by atoms with Crippen LogP contribution in [-0.2, 0) is 14.3 Å². The van der Waals surface area contributed by atoms with Gasteiger partial charge in [0.15, 0.2) is 12.4 Å². The number of carbonyl (C=O) groups is 3. The lowest BCUT2D eigenvalue weighted by molar-refractivity contribution is -0.147. The zero-order valence-electron chi connectivity index (χ0n) is 15.2. The number of amides is 1. The number of hydrogen-bond acceptors (Lipinski definition) is 4. The number of anilines is 1. The summed E-state index contributed by atoms with van der Waals surface area (Å²) in [6, 6.07) is 12.7. The molecule has 0 bridgehead atoms. The molecule has 6 heteroatoms. The highest BCUT2D eigenvalue weighted by Crippen LogP contribution is 2.31. The molecule has 1 heterocycles. The summed E-state index contributed by atoms with van der Waals surface area (Å²) in [6.45, 7) is 3.83. The van der Waals surface area contributed by atoms with Crippen molar-refractivity contribution in [1.29, 1.82) is 0 Å². The van der Waals surface area contributed by atoms with Gasteiger partial charge in [-0.25, -0.2) is 0 Å². The normalized spacial score (nSPS) is 16.5. The third-order valence-electron chi connectivity index (χ3n) is 4.68. The van der Waals surface area contributed by atoms with Gasteiger partial charge in [0, 0.05) is 28.7 Å². The number of nitrogens with zero attached hydrogens (tertiary/aromatic N) is 1. The van der Waals surface area contributed by atoms with Crippen molar-refractivity contribution in [2.45, 2.75) is 20.3 Å². The van der Waals surface area contributed by atoms with Crippen molar-refractivity contribution in [1.82, 2.24) is 0 Å². The van der Waals surface area contributed by atoms with Crippen molar-refractivity contribution in [3.05, 3.63) is 63.6 Å². The molecule has 1 saturated heterocycles. The fourth-order valence-electron chi connectivity index (χ4n) is 3.29. The predicted octanol–water partition coefficient (Wildman–Crippen LogP) is 3.84. The molecule has 0 saturated carbocycles.